The van der Waals surface area contributed by atoms with Crippen molar-refractivity contribution in [3.63, 3.8) is 0 Å². The fraction of sp³-hybridized carbons (Fsp3) is 0.389. The predicted octanol–water partition coefficient (Wildman–Crippen LogP) is 1.16. The van der Waals surface area contributed by atoms with E-state index >= 15 is 0 Å². The van der Waals surface area contributed by atoms with Gasteiger partial charge in [-0.2, -0.15) is 0 Å². The number of alkyl halides is 1. The van der Waals surface area contributed by atoms with Crippen molar-refractivity contribution in [1.29, 1.82) is 0 Å². The second kappa shape index (κ2) is 11.0. The smallest absolute Gasteiger partial charge is 0.349 e. The number of halogens is 1. The number of carboxylic acid groups (broad SMARTS) is 1. The van der Waals surface area contributed by atoms with Crippen LogP contribution in [0.4, 0.5) is 11.4 Å². The quantitative estimate of drug-likeness (QED) is 0.441. The molecule has 0 aliphatic heterocycles. The molecule has 158 valence electrons. The summed E-state index contributed by atoms with van der Waals surface area (Å²) in [5.41, 5.74) is 0.772. The summed E-state index contributed by atoms with van der Waals surface area (Å²) >= 11 is 5.77. The minimum atomic E-state index is -2.04. The SMILES string of the molecule is CC(=O)Nc1ccc(N(CCCl)C(=O)[C@H](OC(C)=O)[C@@H](OC(C)=O)C(=O)O)cc1. The van der Waals surface area contributed by atoms with Gasteiger partial charge in [0.15, 0.2) is 0 Å². The molecule has 11 heteroatoms. The molecule has 0 radical (unpaired) electrons. The normalized spacial score (nSPS) is 12.3. The first kappa shape index (κ1) is 23.9. The highest BCUT2D eigenvalue weighted by molar-refractivity contribution is 6.18. The lowest BCUT2D eigenvalue weighted by atomic mass is 10.1. The molecule has 0 heterocycles. The van der Waals surface area contributed by atoms with Gasteiger partial charge in [0.1, 0.15) is 0 Å². The Labute approximate surface area is 171 Å². The molecule has 0 fully saturated rings. The Morgan fingerprint density at radius 2 is 1.52 bits per heavy atom. The lowest BCUT2D eigenvalue weighted by molar-refractivity contribution is -0.180. The molecule has 2 amide bonds. The number of benzene rings is 1. The predicted molar refractivity (Wildman–Crippen MR) is 103 cm³/mol. The van der Waals surface area contributed by atoms with E-state index in [4.69, 9.17) is 16.3 Å². The zero-order chi connectivity index (χ0) is 22.1. The highest BCUT2D eigenvalue weighted by Gasteiger charge is 2.41. The maximum Gasteiger partial charge on any atom is 0.349 e. The van der Waals surface area contributed by atoms with Crippen molar-refractivity contribution in [3.05, 3.63) is 24.3 Å². The van der Waals surface area contributed by atoms with Crippen LogP contribution in [0.15, 0.2) is 24.3 Å². The number of nitrogens with one attached hydrogen (secondary N) is 1. The summed E-state index contributed by atoms with van der Waals surface area (Å²) in [5.74, 6) is -4.81. The van der Waals surface area contributed by atoms with Crippen molar-refractivity contribution in [2.24, 2.45) is 0 Å². The van der Waals surface area contributed by atoms with Gasteiger partial charge < -0.3 is 24.8 Å². The Balaban J connectivity index is 3.28. The summed E-state index contributed by atoms with van der Waals surface area (Å²) in [7, 11) is 0. The van der Waals surface area contributed by atoms with E-state index in [0.717, 1.165) is 18.7 Å². The lowest BCUT2D eigenvalue weighted by Crippen LogP contribution is -2.52. The fourth-order valence-electron chi connectivity index (χ4n) is 2.37. The van der Waals surface area contributed by atoms with E-state index in [0.29, 0.717) is 11.4 Å². The maximum atomic E-state index is 13.0. The topological polar surface area (TPSA) is 139 Å². The second-order valence-electron chi connectivity index (χ2n) is 5.81. The number of amides is 2. The number of aliphatic carboxylic acids is 1. The molecule has 0 spiro atoms. The molecule has 29 heavy (non-hydrogen) atoms. The average Bonchev–Trinajstić information content (AvgIpc) is 2.62. The van der Waals surface area contributed by atoms with Gasteiger partial charge in [-0.25, -0.2) is 4.79 Å². The maximum absolute atomic E-state index is 13.0. The monoisotopic (exact) mass is 428 g/mol. The van der Waals surface area contributed by atoms with Crippen molar-refractivity contribution in [3.8, 4) is 0 Å². The van der Waals surface area contributed by atoms with Crippen molar-refractivity contribution >= 4 is 52.7 Å². The van der Waals surface area contributed by atoms with Gasteiger partial charge in [-0.15, -0.1) is 11.6 Å². The standard InChI is InChI=1S/C18H21ClN2O8/c1-10(22)20-13-4-6-14(7-5-13)21(9-8-19)17(25)15(28-11(2)23)16(18(26)27)29-12(3)24/h4-7,15-16H,8-9H2,1-3H3,(H,20,22)(H,26,27)/t15-,16-/m1/s1. The van der Waals surface area contributed by atoms with E-state index in [1.807, 2.05) is 0 Å². The summed E-state index contributed by atoms with van der Waals surface area (Å²) in [5, 5.41) is 11.9. The van der Waals surface area contributed by atoms with Gasteiger partial charge in [-0.1, -0.05) is 0 Å². The van der Waals surface area contributed by atoms with Gasteiger partial charge in [0.05, 0.1) is 0 Å². The number of anilines is 2. The van der Waals surface area contributed by atoms with Crippen LogP contribution in [0.5, 0.6) is 0 Å². The molecule has 2 N–H and O–H groups in total. The molecule has 0 saturated carbocycles. The number of hydrogen-bond donors (Lipinski definition) is 2. The molecule has 0 saturated heterocycles. The summed E-state index contributed by atoms with van der Waals surface area (Å²) in [4.78, 5) is 59.5. The zero-order valence-corrected chi connectivity index (χ0v) is 16.8. The number of hydrogen-bond acceptors (Lipinski definition) is 7. The van der Waals surface area contributed by atoms with Gasteiger partial charge in [0.2, 0.25) is 18.1 Å². The molecule has 0 aromatic heterocycles. The molecule has 0 aliphatic rings. The van der Waals surface area contributed by atoms with Crippen LogP contribution in [-0.4, -0.2) is 59.5 Å². The van der Waals surface area contributed by atoms with Gasteiger partial charge in [-0.05, 0) is 24.3 Å². The molecule has 1 aromatic rings. The molecular weight excluding hydrogens is 408 g/mol. The summed E-state index contributed by atoms with van der Waals surface area (Å²) < 4.78 is 9.55. The Morgan fingerprint density at radius 3 is 1.93 bits per heavy atom. The van der Waals surface area contributed by atoms with Gasteiger partial charge in [0, 0.05) is 44.6 Å². The van der Waals surface area contributed by atoms with Crippen molar-refractivity contribution in [1.82, 2.24) is 0 Å². The fourth-order valence-corrected chi connectivity index (χ4v) is 2.54. The van der Waals surface area contributed by atoms with Crippen LogP contribution in [0.1, 0.15) is 20.8 Å². The first-order chi connectivity index (χ1) is 13.6. The molecule has 2 atom stereocenters. The van der Waals surface area contributed by atoms with Crippen LogP contribution in [-0.2, 0) is 33.4 Å². The number of carbonyl (C=O) groups is 5. The third-order valence-electron chi connectivity index (χ3n) is 3.42. The number of carbonyl (C=O) groups excluding carboxylic acids is 4. The van der Waals surface area contributed by atoms with Crippen LogP contribution in [0.25, 0.3) is 0 Å². The van der Waals surface area contributed by atoms with Crippen LogP contribution in [0, 0.1) is 0 Å². The van der Waals surface area contributed by atoms with Crippen molar-refractivity contribution in [2.45, 2.75) is 33.0 Å². The molecule has 0 unspecified atom stereocenters. The van der Waals surface area contributed by atoms with Crippen LogP contribution in [0.2, 0.25) is 0 Å². The number of ether oxygens (including phenoxy) is 2. The number of carboxylic acids is 1. The highest BCUT2D eigenvalue weighted by atomic mass is 35.5. The summed E-state index contributed by atoms with van der Waals surface area (Å²) in [6.45, 7) is 3.23. The Morgan fingerprint density at radius 1 is 1.00 bits per heavy atom. The van der Waals surface area contributed by atoms with Crippen LogP contribution >= 0.6 is 11.6 Å². The molecule has 0 aliphatic carbocycles. The average molecular weight is 429 g/mol. The van der Waals surface area contributed by atoms with E-state index < -0.39 is 36.0 Å². The highest BCUT2D eigenvalue weighted by Crippen LogP contribution is 2.21. The van der Waals surface area contributed by atoms with Gasteiger partial charge in [-0.3, -0.25) is 19.2 Å². The number of esters is 2. The minimum absolute atomic E-state index is 0.0166. The Hall–Kier alpha value is -3.14. The van der Waals surface area contributed by atoms with E-state index in [1.54, 1.807) is 0 Å². The largest absolute Gasteiger partial charge is 0.478 e. The molecule has 1 aromatic carbocycles. The summed E-state index contributed by atoms with van der Waals surface area (Å²) in [6, 6.07) is 6.02. The first-order valence-electron chi connectivity index (χ1n) is 8.39. The second-order valence-corrected chi connectivity index (χ2v) is 6.18. The number of rotatable bonds is 9. The molecule has 10 nitrogen and oxygen atoms in total. The third-order valence-corrected chi connectivity index (χ3v) is 3.59. The molecular formula is C18H21ClN2O8. The molecule has 0 bridgehead atoms. The van der Waals surface area contributed by atoms with Crippen molar-refractivity contribution < 1.29 is 38.6 Å². The van der Waals surface area contributed by atoms with E-state index in [2.05, 4.69) is 10.1 Å². The molecule has 1 rings (SSSR count). The Kier molecular flexibility index (Phi) is 9.07. The zero-order valence-electron chi connectivity index (χ0n) is 16.0. The summed E-state index contributed by atoms with van der Waals surface area (Å²) in [6.07, 6.45) is -3.97. The first-order valence-corrected chi connectivity index (χ1v) is 8.92. The lowest BCUT2D eigenvalue weighted by Gasteiger charge is -2.29. The van der Waals surface area contributed by atoms with Crippen LogP contribution in [0.3, 0.4) is 0 Å². The number of nitrogens with zero attached hydrogens (tertiary/aromatic N) is 1. The van der Waals surface area contributed by atoms with Crippen LogP contribution < -0.4 is 10.2 Å². The van der Waals surface area contributed by atoms with E-state index in [-0.39, 0.29) is 18.3 Å². The minimum Gasteiger partial charge on any atom is -0.478 e. The van der Waals surface area contributed by atoms with Gasteiger partial charge >= 0.3 is 17.9 Å². The Bertz CT molecular complexity index is 781. The van der Waals surface area contributed by atoms with Gasteiger partial charge in [0.25, 0.3) is 5.91 Å². The third kappa shape index (κ3) is 7.41. The van der Waals surface area contributed by atoms with E-state index in [1.165, 1.54) is 31.2 Å². The van der Waals surface area contributed by atoms with E-state index in [9.17, 15) is 29.1 Å². The van der Waals surface area contributed by atoms with Crippen molar-refractivity contribution in [2.75, 3.05) is 22.6 Å².